The standard InChI is InChI=1S/C13H23N3O4/c1-8(12(18)19)5-6-15-13(20)16-7-10(11(14)17)4-3-9(16)2/h8-10H,3-7H2,1-2H3,(H2,14,17)(H,15,20)(H,18,19). The third-order valence-corrected chi connectivity index (χ3v) is 3.82. The molecule has 1 aliphatic heterocycles. The average Bonchev–Trinajstić information content (AvgIpc) is 2.38. The molecule has 1 heterocycles. The Morgan fingerprint density at radius 1 is 1.40 bits per heavy atom. The van der Waals surface area contributed by atoms with Crippen LogP contribution in [0, 0.1) is 11.8 Å². The van der Waals surface area contributed by atoms with Crippen LogP contribution < -0.4 is 11.1 Å². The minimum Gasteiger partial charge on any atom is -0.481 e. The molecule has 20 heavy (non-hydrogen) atoms. The van der Waals surface area contributed by atoms with Gasteiger partial charge in [-0.05, 0) is 26.2 Å². The molecule has 0 aromatic carbocycles. The van der Waals surface area contributed by atoms with Gasteiger partial charge in [0.05, 0.1) is 11.8 Å². The predicted octanol–water partition coefficient (Wildman–Crippen LogP) is 0.393. The van der Waals surface area contributed by atoms with Crippen molar-refractivity contribution in [3.05, 3.63) is 0 Å². The number of urea groups is 1. The maximum atomic E-state index is 12.0. The number of carbonyl (C=O) groups is 3. The van der Waals surface area contributed by atoms with Crippen LogP contribution in [0.3, 0.4) is 0 Å². The van der Waals surface area contributed by atoms with Gasteiger partial charge in [0.25, 0.3) is 0 Å². The van der Waals surface area contributed by atoms with Crippen molar-refractivity contribution in [2.45, 2.75) is 39.2 Å². The summed E-state index contributed by atoms with van der Waals surface area (Å²) in [5.41, 5.74) is 5.29. The SMILES string of the molecule is CC(CCNC(=O)N1CC(C(N)=O)CCC1C)C(=O)O. The van der Waals surface area contributed by atoms with Crippen LogP contribution in [0.2, 0.25) is 0 Å². The minimum absolute atomic E-state index is 0.0579. The van der Waals surface area contributed by atoms with Crippen LogP contribution in [-0.2, 0) is 9.59 Å². The molecule has 0 radical (unpaired) electrons. The molecule has 3 unspecified atom stereocenters. The molecule has 114 valence electrons. The van der Waals surface area contributed by atoms with Crippen LogP contribution in [0.5, 0.6) is 0 Å². The summed E-state index contributed by atoms with van der Waals surface area (Å²) in [6, 6.07) is -0.205. The highest BCUT2D eigenvalue weighted by Crippen LogP contribution is 2.21. The normalized spacial score (nSPS) is 24.0. The Labute approximate surface area is 118 Å². The first-order valence-corrected chi connectivity index (χ1v) is 6.89. The van der Waals surface area contributed by atoms with E-state index in [1.54, 1.807) is 11.8 Å². The number of nitrogens with two attached hydrogens (primary N) is 1. The van der Waals surface area contributed by atoms with Crippen LogP contribution in [0.4, 0.5) is 4.79 Å². The fourth-order valence-electron chi connectivity index (χ4n) is 2.24. The summed E-state index contributed by atoms with van der Waals surface area (Å²) < 4.78 is 0. The Balaban J connectivity index is 2.44. The highest BCUT2D eigenvalue weighted by atomic mass is 16.4. The Bertz CT molecular complexity index is 386. The van der Waals surface area contributed by atoms with E-state index in [-0.39, 0.29) is 23.9 Å². The molecule has 0 aromatic heterocycles. The summed E-state index contributed by atoms with van der Waals surface area (Å²) in [6.45, 7) is 4.16. The number of piperidine rings is 1. The lowest BCUT2D eigenvalue weighted by Gasteiger charge is -2.36. The first-order chi connectivity index (χ1) is 9.32. The molecule has 7 heteroatoms. The highest BCUT2D eigenvalue weighted by Gasteiger charge is 2.31. The van der Waals surface area contributed by atoms with Gasteiger partial charge in [0.15, 0.2) is 0 Å². The van der Waals surface area contributed by atoms with Crippen molar-refractivity contribution in [1.29, 1.82) is 0 Å². The van der Waals surface area contributed by atoms with Crippen LogP contribution >= 0.6 is 0 Å². The van der Waals surface area contributed by atoms with E-state index >= 15 is 0 Å². The van der Waals surface area contributed by atoms with Crippen LogP contribution in [0.15, 0.2) is 0 Å². The second-order valence-corrected chi connectivity index (χ2v) is 5.44. The number of carboxylic acids is 1. The number of nitrogens with one attached hydrogen (secondary N) is 1. The number of amides is 3. The topological polar surface area (TPSA) is 113 Å². The van der Waals surface area contributed by atoms with E-state index in [2.05, 4.69) is 5.32 Å². The Morgan fingerprint density at radius 3 is 2.60 bits per heavy atom. The molecular formula is C13H23N3O4. The lowest BCUT2D eigenvalue weighted by Crippen LogP contribution is -2.52. The lowest BCUT2D eigenvalue weighted by molar-refractivity contribution is -0.141. The molecular weight excluding hydrogens is 262 g/mol. The fraction of sp³-hybridized carbons (Fsp3) is 0.769. The number of likely N-dealkylation sites (tertiary alicyclic amines) is 1. The third kappa shape index (κ3) is 4.40. The molecule has 1 fully saturated rings. The van der Waals surface area contributed by atoms with Crippen molar-refractivity contribution in [1.82, 2.24) is 10.2 Å². The summed E-state index contributed by atoms with van der Waals surface area (Å²) in [5.74, 6) is -2.05. The van der Waals surface area contributed by atoms with E-state index in [0.29, 0.717) is 25.9 Å². The Kier molecular flexibility index (Phi) is 5.79. The number of nitrogens with zero attached hydrogens (tertiary/aromatic N) is 1. The number of rotatable bonds is 5. The third-order valence-electron chi connectivity index (χ3n) is 3.82. The molecule has 3 amide bonds. The molecule has 0 aromatic rings. The molecule has 1 aliphatic rings. The number of hydrogen-bond donors (Lipinski definition) is 3. The molecule has 0 aliphatic carbocycles. The second kappa shape index (κ2) is 7.12. The van der Waals surface area contributed by atoms with E-state index in [4.69, 9.17) is 10.8 Å². The Hall–Kier alpha value is -1.79. The van der Waals surface area contributed by atoms with E-state index in [1.165, 1.54) is 0 Å². The second-order valence-electron chi connectivity index (χ2n) is 5.44. The van der Waals surface area contributed by atoms with E-state index in [1.807, 2.05) is 6.92 Å². The Morgan fingerprint density at radius 2 is 2.05 bits per heavy atom. The first-order valence-electron chi connectivity index (χ1n) is 6.89. The van der Waals surface area contributed by atoms with Gasteiger partial charge in [-0.1, -0.05) is 6.92 Å². The summed E-state index contributed by atoms with van der Waals surface area (Å²) in [6.07, 6.45) is 1.82. The zero-order valence-corrected chi connectivity index (χ0v) is 12.0. The van der Waals surface area contributed by atoms with Gasteiger partial charge in [0.1, 0.15) is 0 Å². The molecule has 4 N–H and O–H groups in total. The van der Waals surface area contributed by atoms with Crippen LogP contribution in [-0.4, -0.2) is 47.0 Å². The number of carboxylic acid groups (broad SMARTS) is 1. The van der Waals surface area contributed by atoms with Crippen LogP contribution in [0.1, 0.15) is 33.1 Å². The summed E-state index contributed by atoms with van der Waals surface area (Å²) >= 11 is 0. The van der Waals surface area contributed by atoms with E-state index in [0.717, 1.165) is 6.42 Å². The maximum absolute atomic E-state index is 12.0. The molecule has 7 nitrogen and oxygen atoms in total. The lowest BCUT2D eigenvalue weighted by atomic mass is 9.93. The van der Waals surface area contributed by atoms with Gasteiger partial charge in [-0.25, -0.2) is 4.79 Å². The fourth-order valence-corrected chi connectivity index (χ4v) is 2.24. The predicted molar refractivity (Wildman–Crippen MR) is 72.9 cm³/mol. The monoisotopic (exact) mass is 285 g/mol. The summed E-state index contributed by atoms with van der Waals surface area (Å²) in [4.78, 5) is 35.5. The molecule has 1 rings (SSSR count). The van der Waals surface area contributed by atoms with Crippen LogP contribution in [0.25, 0.3) is 0 Å². The molecule has 0 spiro atoms. The molecule has 3 atom stereocenters. The van der Waals surface area contributed by atoms with Gasteiger partial charge in [-0.2, -0.15) is 0 Å². The average molecular weight is 285 g/mol. The minimum atomic E-state index is -0.876. The smallest absolute Gasteiger partial charge is 0.317 e. The summed E-state index contributed by atoms with van der Waals surface area (Å²) in [7, 11) is 0. The highest BCUT2D eigenvalue weighted by molar-refractivity contribution is 5.79. The van der Waals surface area contributed by atoms with Crippen molar-refractivity contribution in [3.63, 3.8) is 0 Å². The molecule has 0 saturated carbocycles. The van der Waals surface area contributed by atoms with E-state index in [9.17, 15) is 14.4 Å². The largest absolute Gasteiger partial charge is 0.481 e. The van der Waals surface area contributed by atoms with Gasteiger partial charge >= 0.3 is 12.0 Å². The van der Waals surface area contributed by atoms with Crippen molar-refractivity contribution >= 4 is 17.9 Å². The van der Waals surface area contributed by atoms with Gasteiger partial charge < -0.3 is 21.1 Å². The van der Waals surface area contributed by atoms with Gasteiger partial charge in [0, 0.05) is 19.1 Å². The van der Waals surface area contributed by atoms with Crippen molar-refractivity contribution < 1.29 is 19.5 Å². The number of primary amides is 1. The van der Waals surface area contributed by atoms with Gasteiger partial charge in [0.2, 0.25) is 5.91 Å². The number of carbonyl (C=O) groups excluding carboxylic acids is 2. The van der Waals surface area contributed by atoms with Crippen molar-refractivity contribution in [2.75, 3.05) is 13.1 Å². The van der Waals surface area contributed by atoms with Crippen molar-refractivity contribution in [2.24, 2.45) is 17.6 Å². The zero-order chi connectivity index (χ0) is 15.3. The van der Waals surface area contributed by atoms with Gasteiger partial charge in [-0.3, -0.25) is 9.59 Å². The van der Waals surface area contributed by atoms with E-state index < -0.39 is 11.9 Å². The first kappa shape index (κ1) is 16.3. The quantitative estimate of drug-likeness (QED) is 0.678. The number of hydrogen-bond acceptors (Lipinski definition) is 3. The van der Waals surface area contributed by atoms with Crippen molar-refractivity contribution in [3.8, 4) is 0 Å². The zero-order valence-electron chi connectivity index (χ0n) is 12.0. The molecule has 1 saturated heterocycles. The summed E-state index contributed by atoms with van der Waals surface area (Å²) in [5, 5.41) is 11.5. The van der Waals surface area contributed by atoms with Gasteiger partial charge in [-0.15, -0.1) is 0 Å². The maximum Gasteiger partial charge on any atom is 0.317 e. The molecule has 0 bridgehead atoms. The number of aliphatic carboxylic acids is 1.